The molecule has 2 N–H and O–H groups in total. The van der Waals surface area contributed by atoms with Gasteiger partial charge in [-0.15, -0.1) is 0 Å². The first-order chi connectivity index (χ1) is 8.09. The Labute approximate surface area is 105 Å². The SMILES string of the molecule is CN1CCN(c2ncccc2C(N)=S)CC1=O. The maximum Gasteiger partial charge on any atom is 0.241 e. The molecule has 5 nitrogen and oxygen atoms in total. The van der Waals surface area contributed by atoms with E-state index in [1.54, 1.807) is 24.2 Å². The maximum atomic E-state index is 11.7. The number of carbonyl (C=O) groups excluding carboxylic acids is 1. The molecule has 0 aliphatic carbocycles. The van der Waals surface area contributed by atoms with Crippen LogP contribution in [0.25, 0.3) is 0 Å². The summed E-state index contributed by atoms with van der Waals surface area (Å²) in [5, 5.41) is 0. The van der Waals surface area contributed by atoms with Gasteiger partial charge in [-0.25, -0.2) is 4.98 Å². The van der Waals surface area contributed by atoms with Crippen LogP contribution in [0.2, 0.25) is 0 Å². The molecule has 2 heterocycles. The van der Waals surface area contributed by atoms with E-state index >= 15 is 0 Å². The van der Waals surface area contributed by atoms with Crippen molar-refractivity contribution in [2.24, 2.45) is 5.73 Å². The molecule has 2 rings (SSSR count). The molecule has 90 valence electrons. The highest BCUT2D eigenvalue weighted by Crippen LogP contribution is 2.18. The van der Waals surface area contributed by atoms with Crippen LogP contribution in [0.4, 0.5) is 5.82 Å². The second-order valence-electron chi connectivity index (χ2n) is 3.98. The fourth-order valence-electron chi connectivity index (χ4n) is 1.78. The van der Waals surface area contributed by atoms with Crippen LogP contribution >= 0.6 is 12.2 Å². The Kier molecular flexibility index (Phi) is 3.23. The molecule has 17 heavy (non-hydrogen) atoms. The fourth-order valence-corrected chi connectivity index (χ4v) is 1.94. The molecule has 0 saturated carbocycles. The third kappa shape index (κ3) is 2.36. The predicted octanol–water partition coefficient (Wildman–Crippen LogP) is -0.00580. The Balaban J connectivity index is 2.29. The van der Waals surface area contributed by atoms with E-state index in [4.69, 9.17) is 18.0 Å². The number of thiocarbonyl (C=S) groups is 1. The van der Waals surface area contributed by atoms with E-state index in [0.717, 1.165) is 12.1 Å². The average Bonchev–Trinajstić information content (AvgIpc) is 2.32. The first kappa shape index (κ1) is 11.8. The smallest absolute Gasteiger partial charge is 0.241 e. The number of rotatable bonds is 2. The summed E-state index contributed by atoms with van der Waals surface area (Å²) in [7, 11) is 1.80. The fraction of sp³-hybridized carbons (Fsp3) is 0.364. The maximum absolute atomic E-state index is 11.7. The van der Waals surface area contributed by atoms with E-state index in [1.807, 2.05) is 11.0 Å². The number of likely N-dealkylation sites (N-methyl/N-ethyl adjacent to an activating group) is 1. The highest BCUT2D eigenvalue weighted by molar-refractivity contribution is 7.80. The zero-order valence-electron chi connectivity index (χ0n) is 9.59. The van der Waals surface area contributed by atoms with Crippen LogP contribution < -0.4 is 10.6 Å². The van der Waals surface area contributed by atoms with Gasteiger partial charge in [-0.3, -0.25) is 4.79 Å². The molecule has 0 aromatic carbocycles. The summed E-state index contributed by atoms with van der Waals surface area (Å²) in [6.45, 7) is 1.75. The van der Waals surface area contributed by atoms with Crippen molar-refractivity contribution >= 4 is 28.9 Å². The van der Waals surface area contributed by atoms with Gasteiger partial charge < -0.3 is 15.5 Å². The van der Waals surface area contributed by atoms with E-state index in [9.17, 15) is 4.79 Å². The lowest BCUT2D eigenvalue weighted by molar-refractivity contribution is -0.129. The normalized spacial score (nSPS) is 16.2. The Morgan fingerprint density at radius 2 is 2.29 bits per heavy atom. The van der Waals surface area contributed by atoms with Gasteiger partial charge in [-0.1, -0.05) is 12.2 Å². The highest BCUT2D eigenvalue weighted by atomic mass is 32.1. The van der Waals surface area contributed by atoms with Crippen molar-refractivity contribution in [3.63, 3.8) is 0 Å². The second kappa shape index (κ2) is 4.67. The van der Waals surface area contributed by atoms with Gasteiger partial charge in [0.05, 0.1) is 12.1 Å². The summed E-state index contributed by atoms with van der Waals surface area (Å²) in [5.74, 6) is 0.775. The van der Waals surface area contributed by atoms with Crippen molar-refractivity contribution in [3.05, 3.63) is 23.9 Å². The monoisotopic (exact) mass is 250 g/mol. The Morgan fingerprint density at radius 3 is 2.94 bits per heavy atom. The van der Waals surface area contributed by atoms with Crippen molar-refractivity contribution in [1.29, 1.82) is 0 Å². The molecule has 1 saturated heterocycles. The lowest BCUT2D eigenvalue weighted by Gasteiger charge is -2.33. The number of carbonyl (C=O) groups is 1. The molecule has 1 aliphatic heterocycles. The third-order valence-corrected chi connectivity index (χ3v) is 3.03. The van der Waals surface area contributed by atoms with Gasteiger partial charge in [0, 0.05) is 26.3 Å². The van der Waals surface area contributed by atoms with Crippen LogP contribution in [-0.2, 0) is 4.79 Å². The number of piperazine rings is 1. The molecule has 1 aromatic heterocycles. The van der Waals surface area contributed by atoms with E-state index in [2.05, 4.69) is 4.98 Å². The molecule has 0 radical (unpaired) electrons. The number of hydrogen-bond acceptors (Lipinski definition) is 4. The Morgan fingerprint density at radius 1 is 1.53 bits per heavy atom. The van der Waals surface area contributed by atoms with Gasteiger partial charge in [-0.05, 0) is 12.1 Å². The number of nitrogens with two attached hydrogens (primary N) is 1. The van der Waals surface area contributed by atoms with Gasteiger partial charge >= 0.3 is 0 Å². The summed E-state index contributed by atoms with van der Waals surface area (Å²) in [5.41, 5.74) is 6.37. The predicted molar refractivity (Wildman–Crippen MR) is 70.0 cm³/mol. The zero-order chi connectivity index (χ0) is 12.4. The average molecular weight is 250 g/mol. The minimum Gasteiger partial charge on any atom is -0.389 e. The number of hydrogen-bond donors (Lipinski definition) is 1. The van der Waals surface area contributed by atoms with Crippen molar-refractivity contribution in [3.8, 4) is 0 Å². The lowest BCUT2D eigenvalue weighted by atomic mass is 10.2. The largest absolute Gasteiger partial charge is 0.389 e. The summed E-state index contributed by atoms with van der Waals surface area (Å²) < 4.78 is 0. The Bertz CT molecular complexity index is 463. The second-order valence-corrected chi connectivity index (χ2v) is 4.42. The summed E-state index contributed by atoms with van der Waals surface area (Å²) in [6.07, 6.45) is 1.68. The molecule has 0 spiro atoms. The van der Waals surface area contributed by atoms with Gasteiger partial charge in [0.25, 0.3) is 0 Å². The van der Waals surface area contributed by atoms with E-state index in [1.165, 1.54) is 0 Å². The molecular weight excluding hydrogens is 236 g/mol. The van der Waals surface area contributed by atoms with E-state index in [0.29, 0.717) is 23.9 Å². The van der Waals surface area contributed by atoms with Crippen molar-refractivity contribution in [1.82, 2.24) is 9.88 Å². The minimum absolute atomic E-state index is 0.0794. The van der Waals surface area contributed by atoms with E-state index in [-0.39, 0.29) is 5.91 Å². The molecule has 0 atom stereocenters. The summed E-state index contributed by atoms with van der Waals surface area (Å²) >= 11 is 4.99. The van der Waals surface area contributed by atoms with Crippen LogP contribution in [-0.4, -0.2) is 47.5 Å². The molecule has 1 aliphatic rings. The molecule has 6 heteroatoms. The van der Waals surface area contributed by atoms with Crippen molar-refractivity contribution in [2.45, 2.75) is 0 Å². The first-order valence-electron chi connectivity index (χ1n) is 5.33. The molecule has 0 bridgehead atoms. The van der Waals surface area contributed by atoms with Crippen LogP contribution in [0.5, 0.6) is 0 Å². The van der Waals surface area contributed by atoms with Gasteiger partial charge in [0.1, 0.15) is 10.8 Å². The lowest BCUT2D eigenvalue weighted by Crippen LogP contribution is -2.49. The minimum atomic E-state index is 0.0794. The van der Waals surface area contributed by atoms with Crippen LogP contribution in [0.3, 0.4) is 0 Å². The standard InChI is InChI=1S/C11H14N4OS/c1-14-5-6-15(7-9(14)16)11-8(10(12)17)3-2-4-13-11/h2-4H,5-7H2,1H3,(H2,12,17). The van der Waals surface area contributed by atoms with Crippen molar-refractivity contribution in [2.75, 3.05) is 31.6 Å². The summed E-state index contributed by atoms with van der Waals surface area (Å²) in [4.78, 5) is 19.8. The number of nitrogens with zero attached hydrogens (tertiary/aromatic N) is 3. The number of pyridine rings is 1. The number of aromatic nitrogens is 1. The highest BCUT2D eigenvalue weighted by Gasteiger charge is 2.23. The van der Waals surface area contributed by atoms with Crippen molar-refractivity contribution < 1.29 is 4.79 Å². The van der Waals surface area contributed by atoms with Gasteiger partial charge in [-0.2, -0.15) is 0 Å². The molecule has 1 fully saturated rings. The summed E-state index contributed by atoms with van der Waals surface area (Å²) in [6, 6.07) is 3.61. The topological polar surface area (TPSA) is 62.5 Å². The van der Waals surface area contributed by atoms with Crippen LogP contribution in [0.15, 0.2) is 18.3 Å². The number of amides is 1. The molecule has 0 unspecified atom stereocenters. The van der Waals surface area contributed by atoms with Crippen LogP contribution in [0.1, 0.15) is 5.56 Å². The molecular formula is C11H14N4OS. The zero-order valence-corrected chi connectivity index (χ0v) is 10.4. The Hall–Kier alpha value is -1.69. The quantitative estimate of drug-likeness (QED) is 0.748. The number of anilines is 1. The van der Waals surface area contributed by atoms with Crippen LogP contribution in [0, 0.1) is 0 Å². The molecule has 1 aromatic rings. The molecule has 1 amide bonds. The van der Waals surface area contributed by atoms with Gasteiger partial charge in [0.15, 0.2) is 0 Å². The van der Waals surface area contributed by atoms with E-state index < -0.39 is 0 Å². The van der Waals surface area contributed by atoms with Gasteiger partial charge in [0.2, 0.25) is 5.91 Å². The third-order valence-electron chi connectivity index (χ3n) is 2.81. The first-order valence-corrected chi connectivity index (χ1v) is 5.74.